The fourth-order valence-electron chi connectivity index (χ4n) is 4.68. The largest absolute Gasteiger partial charge is 0.416 e. The molecule has 1 atom stereocenters. The van der Waals surface area contributed by atoms with Gasteiger partial charge in [0, 0.05) is 22.6 Å². The lowest BCUT2D eigenvalue weighted by molar-refractivity contribution is -0.137. The van der Waals surface area contributed by atoms with Gasteiger partial charge in [0.25, 0.3) is 0 Å². The normalized spacial score (nSPS) is 14.8. The molecule has 2 aromatic carbocycles. The molecule has 4 aromatic rings. The minimum absolute atomic E-state index is 0.00840. The van der Waals surface area contributed by atoms with Crippen molar-refractivity contribution in [3.8, 4) is 17.5 Å². The number of nitrogens with zero attached hydrogens (tertiary/aromatic N) is 5. The molecule has 5 rings (SSSR count). The number of imidazole rings is 1. The van der Waals surface area contributed by atoms with Crippen LogP contribution in [0.25, 0.3) is 22.6 Å². The zero-order chi connectivity index (χ0) is 26.3. The highest BCUT2D eigenvalue weighted by molar-refractivity contribution is 9.10. The number of benzene rings is 2. The van der Waals surface area contributed by atoms with Gasteiger partial charge in [0.1, 0.15) is 17.4 Å². The molecule has 2 heterocycles. The summed E-state index contributed by atoms with van der Waals surface area (Å²) in [5, 5.41) is 13.1. The second-order valence-corrected chi connectivity index (χ2v) is 10.4. The Kier molecular flexibility index (Phi) is 6.67. The minimum Gasteiger partial charge on any atom is -0.365 e. The SMILES string of the molecule is Cc1cc(Br)ccc1-c1nc2nc(C#N)nc(NC(C)C3CCC3)c2n1Cc1ccc(C(F)(F)F)cc1. The zero-order valence-electron chi connectivity index (χ0n) is 20.3. The maximum Gasteiger partial charge on any atom is 0.416 e. The van der Waals surface area contributed by atoms with Gasteiger partial charge in [-0.15, -0.1) is 0 Å². The molecule has 1 aliphatic rings. The first-order chi connectivity index (χ1) is 17.6. The van der Waals surface area contributed by atoms with Crippen molar-refractivity contribution in [2.24, 2.45) is 5.92 Å². The Bertz CT molecular complexity index is 1500. The van der Waals surface area contributed by atoms with E-state index >= 15 is 0 Å². The lowest BCUT2D eigenvalue weighted by Crippen LogP contribution is -2.31. The maximum atomic E-state index is 13.1. The molecule has 1 aliphatic carbocycles. The van der Waals surface area contributed by atoms with Crippen molar-refractivity contribution in [2.75, 3.05) is 5.32 Å². The van der Waals surface area contributed by atoms with Crippen molar-refractivity contribution in [1.82, 2.24) is 19.5 Å². The summed E-state index contributed by atoms with van der Waals surface area (Å²) in [5.41, 5.74) is 2.76. The molecule has 0 amide bonds. The third-order valence-electron chi connectivity index (χ3n) is 6.98. The van der Waals surface area contributed by atoms with E-state index in [-0.39, 0.29) is 18.4 Å². The Hall–Kier alpha value is -3.45. The first-order valence-corrected chi connectivity index (χ1v) is 12.8. The maximum absolute atomic E-state index is 13.1. The summed E-state index contributed by atoms with van der Waals surface area (Å²) in [4.78, 5) is 13.7. The fourth-order valence-corrected chi connectivity index (χ4v) is 5.15. The van der Waals surface area contributed by atoms with Crippen LogP contribution in [0.3, 0.4) is 0 Å². The van der Waals surface area contributed by atoms with Crippen LogP contribution in [0.2, 0.25) is 0 Å². The molecule has 10 heteroatoms. The van der Waals surface area contributed by atoms with E-state index in [0.717, 1.165) is 40.6 Å². The van der Waals surface area contributed by atoms with Crippen LogP contribution in [0, 0.1) is 24.2 Å². The van der Waals surface area contributed by atoms with Gasteiger partial charge >= 0.3 is 6.18 Å². The highest BCUT2D eigenvalue weighted by atomic mass is 79.9. The number of nitriles is 1. The number of aromatic nitrogens is 4. The molecule has 2 aromatic heterocycles. The summed E-state index contributed by atoms with van der Waals surface area (Å²) in [5.74, 6) is 1.62. The van der Waals surface area contributed by atoms with E-state index in [4.69, 9.17) is 4.98 Å². The molecule has 0 aliphatic heterocycles. The molecule has 0 bridgehead atoms. The van der Waals surface area contributed by atoms with E-state index in [1.807, 2.05) is 35.8 Å². The number of hydrogen-bond acceptors (Lipinski definition) is 5. The van der Waals surface area contributed by atoms with Gasteiger partial charge in [-0.05, 0) is 74.1 Å². The summed E-state index contributed by atoms with van der Waals surface area (Å²) in [6.45, 7) is 4.31. The van der Waals surface area contributed by atoms with E-state index < -0.39 is 11.7 Å². The summed E-state index contributed by atoms with van der Waals surface area (Å²) in [6, 6.07) is 13.1. The van der Waals surface area contributed by atoms with E-state index in [0.29, 0.717) is 34.3 Å². The quantitative estimate of drug-likeness (QED) is 0.268. The van der Waals surface area contributed by atoms with Crippen LogP contribution >= 0.6 is 15.9 Å². The lowest BCUT2D eigenvalue weighted by atomic mass is 9.80. The molecule has 37 heavy (non-hydrogen) atoms. The molecule has 1 saturated carbocycles. The first kappa shape index (κ1) is 25.2. The van der Waals surface area contributed by atoms with Gasteiger partial charge in [0.15, 0.2) is 11.5 Å². The number of rotatable bonds is 6. The molecule has 1 N–H and O–H groups in total. The lowest BCUT2D eigenvalue weighted by Gasteiger charge is -2.32. The van der Waals surface area contributed by atoms with Crippen LogP contribution in [0.5, 0.6) is 0 Å². The number of halogens is 4. The second kappa shape index (κ2) is 9.78. The molecule has 0 saturated heterocycles. The Balaban J connectivity index is 1.68. The Morgan fingerprint density at radius 2 is 1.86 bits per heavy atom. The molecule has 190 valence electrons. The molecule has 6 nitrogen and oxygen atoms in total. The number of nitrogens with one attached hydrogen (secondary N) is 1. The number of fused-ring (bicyclic) bond motifs is 1. The monoisotopic (exact) mass is 568 g/mol. The minimum atomic E-state index is -4.41. The molecular weight excluding hydrogens is 545 g/mol. The molecule has 1 unspecified atom stereocenters. The third kappa shape index (κ3) is 5.05. The molecule has 0 spiro atoms. The van der Waals surface area contributed by atoms with E-state index in [2.05, 4.69) is 38.1 Å². The highest BCUT2D eigenvalue weighted by Gasteiger charge is 2.30. The summed E-state index contributed by atoms with van der Waals surface area (Å²) in [7, 11) is 0. The average molecular weight is 569 g/mol. The molecule has 1 fully saturated rings. The summed E-state index contributed by atoms with van der Waals surface area (Å²) < 4.78 is 42.3. The van der Waals surface area contributed by atoms with Gasteiger partial charge in [0.05, 0.1) is 5.56 Å². The second-order valence-electron chi connectivity index (χ2n) is 9.48. The predicted molar refractivity (Wildman–Crippen MR) is 139 cm³/mol. The summed E-state index contributed by atoms with van der Waals surface area (Å²) in [6.07, 6.45) is -0.961. The van der Waals surface area contributed by atoms with Crippen molar-refractivity contribution in [3.05, 3.63) is 69.5 Å². The number of hydrogen-bond donors (Lipinski definition) is 1. The standard InChI is InChI=1S/C27H24BrF3N6/c1-15-12-20(28)10-11-21(15)26-36-25-23(37(26)14-17-6-8-19(9-7-17)27(29,30)31)24(34-22(13-32)35-25)33-16(2)18-4-3-5-18/h6-12,16,18H,3-5,14H2,1-2H3,(H,33,34,35). The number of alkyl halides is 3. The molecule has 0 radical (unpaired) electrons. The number of aryl methyl sites for hydroxylation is 1. The van der Waals surface area contributed by atoms with Crippen molar-refractivity contribution >= 4 is 32.9 Å². The van der Waals surface area contributed by atoms with Crippen molar-refractivity contribution in [3.63, 3.8) is 0 Å². The Morgan fingerprint density at radius 1 is 1.14 bits per heavy atom. The highest BCUT2D eigenvalue weighted by Crippen LogP contribution is 2.35. The Morgan fingerprint density at radius 3 is 2.46 bits per heavy atom. The van der Waals surface area contributed by atoms with Crippen LogP contribution < -0.4 is 5.32 Å². The van der Waals surface area contributed by atoms with E-state index in [9.17, 15) is 18.4 Å². The number of anilines is 1. The van der Waals surface area contributed by atoms with Crippen LogP contribution in [0.4, 0.5) is 19.0 Å². The van der Waals surface area contributed by atoms with Crippen LogP contribution in [0.1, 0.15) is 48.7 Å². The Labute approximate surface area is 220 Å². The first-order valence-electron chi connectivity index (χ1n) is 12.0. The van der Waals surface area contributed by atoms with Gasteiger partial charge in [-0.25, -0.2) is 4.98 Å². The smallest absolute Gasteiger partial charge is 0.365 e. The van der Waals surface area contributed by atoms with E-state index in [1.165, 1.54) is 18.6 Å². The van der Waals surface area contributed by atoms with Crippen molar-refractivity contribution in [2.45, 2.75) is 51.9 Å². The van der Waals surface area contributed by atoms with Gasteiger partial charge in [-0.1, -0.05) is 34.5 Å². The fraction of sp³-hybridized carbons (Fsp3) is 0.333. The molecular formula is C27H24BrF3N6. The van der Waals surface area contributed by atoms with Crippen molar-refractivity contribution < 1.29 is 13.2 Å². The van der Waals surface area contributed by atoms with Gasteiger partial charge in [-0.2, -0.15) is 28.4 Å². The summed E-state index contributed by atoms with van der Waals surface area (Å²) >= 11 is 3.49. The topological polar surface area (TPSA) is 79.4 Å². The van der Waals surface area contributed by atoms with E-state index in [1.54, 1.807) is 0 Å². The predicted octanol–water partition coefficient (Wildman–Crippen LogP) is 7.10. The zero-order valence-corrected chi connectivity index (χ0v) is 21.9. The van der Waals surface area contributed by atoms with Gasteiger partial charge < -0.3 is 9.88 Å². The average Bonchev–Trinajstić information content (AvgIpc) is 3.15. The van der Waals surface area contributed by atoms with Crippen LogP contribution in [-0.2, 0) is 12.7 Å². The third-order valence-corrected chi connectivity index (χ3v) is 7.47. The van der Waals surface area contributed by atoms with Crippen LogP contribution in [0.15, 0.2) is 46.9 Å². The van der Waals surface area contributed by atoms with Gasteiger partial charge in [0.2, 0.25) is 5.82 Å². The van der Waals surface area contributed by atoms with Crippen molar-refractivity contribution in [1.29, 1.82) is 5.26 Å². The van der Waals surface area contributed by atoms with Gasteiger partial charge in [-0.3, -0.25) is 0 Å². The van der Waals surface area contributed by atoms with Crippen LogP contribution in [-0.4, -0.2) is 25.6 Å².